The minimum absolute atomic E-state index is 0.0348. The van der Waals surface area contributed by atoms with E-state index in [4.69, 9.17) is 0 Å². The fourth-order valence-corrected chi connectivity index (χ4v) is 2.71. The molecule has 0 aromatic carbocycles. The molecular weight excluding hydrogens is 326 g/mol. The molecule has 10 heteroatoms. The highest BCUT2D eigenvalue weighted by molar-refractivity contribution is 8.04. The number of methoxy groups -OCH3 is 2. The first kappa shape index (κ1) is 16.7. The molecule has 1 aliphatic rings. The molecule has 0 spiro atoms. The Kier molecular flexibility index (Phi) is 5.16. The number of H-pyrrole nitrogens is 1. The van der Waals surface area contributed by atoms with Gasteiger partial charge in [0.1, 0.15) is 5.69 Å². The summed E-state index contributed by atoms with van der Waals surface area (Å²) in [6.45, 7) is 0.248. The van der Waals surface area contributed by atoms with Crippen LogP contribution < -0.4 is 5.32 Å². The molecule has 23 heavy (non-hydrogen) atoms. The zero-order valence-corrected chi connectivity index (χ0v) is 13.1. The maximum atomic E-state index is 12.4. The van der Waals surface area contributed by atoms with Crippen molar-refractivity contribution in [2.45, 2.75) is 0 Å². The number of aromatic amines is 1. The summed E-state index contributed by atoms with van der Waals surface area (Å²) in [5.41, 5.74) is -0.347. The molecule has 0 unspecified atom stereocenters. The maximum Gasteiger partial charge on any atom is 0.406 e. The summed E-state index contributed by atoms with van der Waals surface area (Å²) in [4.78, 5) is 47.1. The number of hydrogen-bond acceptors (Lipinski definition) is 8. The van der Waals surface area contributed by atoms with Gasteiger partial charge in [0.15, 0.2) is 5.69 Å². The molecule has 1 aromatic rings. The van der Waals surface area contributed by atoms with E-state index in [1.54, 1.807) is 0 Å². The molecular formula is C13H13N3O6S. The second kappa shape index (κ2) is 7.09. The lowest BCUT2D eigenvalue weighted by molar-refractivity contribution is 0.0591. The molecule has 0 atom stereocenters. The number of nitrogens with one attached hydrogen (secondary N) is 2. The fourth-order valence-electron chi connectivity index (χ4n) is 1.86. The molecule has 0 saturated heterocycles. The number of ketones is 2. The number of Topliss-reactive ketones (excluding diaryl/α,β-unsaturated/α-hetero) is 1. The smallest absolute Gasteiger partial charge is 0.406 e. The van der Waals surface area contributed by atoms with Crippen LogP contribution in [0.2, 0.25) is 0 Å². The summed E-state index contributed by atoms with van der Waals surface area (Å²) in [5, 5.41) is 8.51. The van der Waals surface area contributed by atoms with Crippen LogP contribution in [-0.4, -0.2) is 60.3 Å². The first-order chi connectivity index (χ1) is 11.0. The zero-order chi connectivity index (χ0) is 17.0. The van der Waals surface area contributed by atoms with E-state index in [2.05, 4.69) is 25.0 Å². The zero-order valence-electron chi connectivity index (χ0n) is 12.3. The Hall–Kier alpha value is -2.62. The van der Waals surface area contributed by atoms with Crippen molar-refractivity contribution in [1.82, 2.24) is 15.5 Å². The normalized spacial score (nSPS) is 13.2. The predicted octanol–water partition coefficient (Wildman–Crippen LogP) is 0.548. The Morgan fingerprint density at radius 2 is 2.04 bits per heavy atom. The molecule has 2 rings (SSSR count). The van der Waals surface area contributed by atoms with Crippen molar-refractivity contribution >= 4 is 35.4 Å². The maximum absolute atomic E-state index is 12.4. The molecule has 1 amide bonds. The van der Waals surface area contributed by atoms with Crippen LogP contribution in [0, 0.1) is 0 Å². The van der Waals surface area contributed by atoms with Crippen LogP contribution in [-0.2, 0) is 9.47 Å². The molecule has 0 saturated carbocycles. The third-order valence-electron chi connectivity index (χ3n) is 2.92. The van der Waals surface area contributed by atoms with E-state index >= 15 is 0 Å². The van der Waals surface area contributed by atoms with E-state index in [1.165, 1.54) is 13.2 Å². The van der Waals surface area contributed by atoms with E-state index in [-0.39, 0.29) is 28.4 Å². The lowest BCUT2D eigenvalue weighted by Gasteiger charge is -2.11. The number of ether oxygens (including phenoxy) is 2. The number of carbonyl (C=O) groups is 4. The van der Waals surface area contributed by atoms with Gasteiger partial charge >= 0.3 is 12.1 Å². The van der Waals surface area contributed by atoms with Gasteiger partial charge in [-0.15, -0.1) is 11.8 Å². The number of esters is 1. The van der Waals surface area contributed by atoms with Gasteiger partial charge in [0.05, 0.1) is 24.7 Å². The van der Waals surface area contributed by atoms with Crippen LogP contribution in [0.4, 0.5) is 4.79 Å². The minimum atomic E-state index is -0.803. The summed E-state index contributed by atoms with van der Waals surface area (Å²) >= 11 is 1.08. The van der Waals surface area contributed by atoms with Crippen molar-refractivity contribution in [3.63, 3.8) is 0 Å². The number of aromatic nitrogens is 2. The quantitative estimate of drug-likeness (QED) is 0.588. The van der Waals surface area contributed by atoms with E-state index in [0.29, 0.717) is 5.75 Å². The van der Waals surface area contributed by atoms with Crippen molar-refractivity contribution in [1.29, 1.82) is 0 Å². The van der Waals surface area contributed by atoms with Crippen LogP contribution in [0.1, 0.15) is 31.3 Å². The number of nitrogens with zero attached hydrogens (tertiary/aromatic N) is 1. The Balaban J connectivity index is 2.11. The number of thioether (sulfide) groups is 1. The summed E-state index contributed by atoms with van der Waals surface area (Å²) in [5.74, 6) is -1.40. The monoisotopic (exact) mass is 339 g/mol. The molecule has 1 aromatic heterocycles. The van der Waals surface area contributed by atoms with Gasteiger partial charge in [-0.05, 0) is 0 Å². The molecule has 0 bridgehead atoms. The molecule has 0 radical (unpaired) electrons. The molecule has 1 heterocycles. The van der Waals surface area contributed by atoms with E-state index in [1.807, 2.05) is 0 Å². The van der Waals surface area contributed by atoms with Gasteiger partial charge in [-0.3, -0.25) is 14.7 Å². The predicted molar refractivity (Wildman–Crippen MR) is 79.5 cm³/mol. The SMILES string of the molecule is COC(=O)NCCSC1=CC(=O)c2[nH]nc(C(=O)OC)c2C1=O. The van der Waals surface area contributed by atoms with Crippen molar-refractivity contribution in [2.24, 2.45) is 0 Å². The first-order valence-electron chi connectivity index (χ1n) is 6.41. The van der Waals surface area contributed by atoms with Gasteiger partial charge in [-0.25, -0.2) is 9.59 Å². The Labute approximate surface area is 134 Å². The minimum Gasteiger partial charge on any atom is -0.464 e. The number of alkyl carbamates (subject to hydrolysis) is 1. The topological polar surface area (TPSA) is 127 Å². The average Bonchev–Trinajstić information content (AvgIpc) is 3.00. The van der Waals surface area contributed by atoms with Gasteiger partial charge < -0.3 is 14.8 Å². The highest BCUT2D eigenvalue weighted by Crippen LogP contribution is 2.29. The molecule has 2 N–H and O–H groups in total. The third kappa shape index (κ3) is 3.42. The Morgan fingerprint density at radius 1 is 1.30 bits per heavy atom. The van der Waals surface area contributed by atoms with E-state index < -0.39 is 23.6 Å². The van der Waals surface area contributed by atoms with Crippen LogP contribution in [0.3, 0.4) is 0 Å². The van der Waals surface area contributed by atoms with Crippen LogP contribution in [0.5, 0.6) is 0 Å². The number of rotatable bonds is 5. The van der Waals surface area contributed by atoms with Gasteiger partial charge in [-0.2, -0.15) is 5.10 Å². The number of amides is 1. The van der Waals surface area contributed by atoms with E-state index in [9.17, 15) is 19.2 Å². The number of fused-ring (bicyclic) bond motifs is 1. The molecule has 1 aliphatic carbocycles. The Bertz CT molecular complexity index is 709. The molecule has 9 nitrogen and oxygen atoms in total. The van der Waals surface area contributed by atoms with Gasteiger partial charge in [0, 0.05) is 18.4 Å². The third-order valence-corrected chi connectivity index (χ3v) is 3.94. The lowest BCUT2D eigenvalue weighted by atomic mass is 9.99. The molecule has 122 valence electrons. The van der Waals surface area contributed by atoms with Crippen molar-refractivity contribution in [3.8, 4) is 0 Å². The second-order valence-corrected chi connectivity index (χ2v) is 5.42. The second-order valence-electron chi connectivity index (χ2n) is 4.28. The standard InChI is InChI=1S/C13H13N3O6S/c1-21-12(19)10-8-9(15-16-10)6(17)5-7(11(8)18)23-4-3-14-13(20)22-2/h5H,3-4H2,1-2H3,(H,14,20)(H,15,16). The number of allylic oxidation sites excluding steroid dienone is 2. The Morgan fingerprint density at radius 3 is 2.70 bits per heavy atom. The van der Waals surface area contributed by atoms with Crippen molar-refractivity contribution < 1.29 is 28.7 Å². The van der Waals surface area contributed by atoms with Gasteiger partial charge in [-0.1, -0.05) is 0 Å². The van der Waals surface area contributed by atoms with Crippen LogP contribution in [0.15, 0.2) is 11.0 Å². The highest BCUT2D eigenvalue weighted by atomic mass is 32.2. The number of carbonyl (C=O) groups excluding carboxylic acids is 4. The van der Waals surface area contributed by atoms with Crippen molar-refractivity contribution in [2.75, 3.05) is 26.5 Å². The highest BCUT2D eigenvalue weighted by Gasteiger charge is 2.34. The summed E-state index contributed by atoms with van der Waals surface area (Å²) < 4.78 is 8.96. The first-order valence-corrected chi connectivity index (χ1v) is 7.40. The fraction of sp³-hybridized carbons (Fsp3) is 0.308. The van der Waals surface area contributed by atoms with Gasteiger partial charge in [0.25, 0.3) is 0 Å². The summed E-state index contributed by atoms with van der Waals surface area (Å²) in [6, 6.07) is 0. The molecule has 0 aliphatic heterocycles. The number of hydrogen-bond donors (Lipinski definition) is 2. The van der Waals surface area contributed by atoms with Crippen LogP contribution in [0.25, 0.3) is 0 Å². The largest absolute Gasteiger partial charge is 0.464 e. The lowest BCUT2D eigenvalue weighted by Crippen LogP contribution is -2.25. The average molecular weight is 339 g/mol. The summed E-state index contributed by atoms with van der Waals surface area (Å²) in [6.07, 6.45) is 0.586. The van der Waals surface area contributed by atoms with E-state index in [0.717, 1.165) is 18.9 Å². The molecule has 0 fully saturated rings. The van der Waals surface area contributed by atoms with Crippen LogP contribution >= 0.6 is 11.8 Å². The van der Waals surface area contributed by atoms with Gasteiger partial charge in [0.2, 0.25) is 11.6 Å². The van der Waals surface area contributed by atoms with Crippen molar-refractivity contribution in [3.05, 3.63) is 27.9 Å². The summed E-state index contributed by atoms with van der Waals surface area (Å²) in [7, 11) is 2.39.